The summed E-state index contributed by atoms with van der Waals surface area (Å²) in [6.45, 7) is 1.22. The van der Waals surface area contributed by atoms with Crippen molar-refractivity contribution in [3.63, 3.8) is 0 Å². The molecule has 0 radical (unpaired) electrons. The zero-order valence-corrected chi connectivity index (χ0v) is 17.9. The predicted octanol–water partition coefficient (Wildman–Crippen LogP) is 3.60. The number of rotatable bonds is 8. The third-order valence-electron chi connectivity index (χ3n) is 5.09. The van der Waals surface area contributed by atoms with Crippen LogP contribution in [-0.2, 0) is 14.8 Å². The molecule has 0 unspecified atom stereocenters. The van der Waals surface area contributed by atoms with Crippen LogP contribution in [0.2, 0.25) is 0 Å². The summed E-state index contributed by atoms with van der Waals surface area (Å²) in [7, 11) is -3.60. The number of para-hydroxylation sites is 2. The number of nitrogens with zero attached hydrogens (tertiary/aromatic N) is 2. The lowest BCUT2D eigenvalue weighted by molar-refractivity contribution is -0.384. The van der Waals surface area contributed by atoms with Crippen molar-refractivity contribution in [3.05, 3.63) is 58.6 Å². The molecular weight excluding hydrogens is 420 g/mol. The van der Waals surface area contributed by atoms with Gasteiger partial charge in [-0.1, -0.05) is 31.0 Å². The van der Waals surface area contributed by atoms with Crippen molar-refractivity contribution >= 4 is 33.0 Å². The fourth-order valence-corrected chi connectivity index (χ4v) is 5.05. The molecule has 1 saturated heterocycles. The van der Waals surface area contributed by atoms with Crippen LogP contribution in [0, 0.1) is 10.1 Å². The quantitative estimate of drug-likeness (QED) is 0.472. The van der Waals surface area contributed by atoms with Crippen molar-refractivity contribution in [2.75, 3.05) is 30.3 Å². The van der Waals surface area contributed by atoms with Crippen molar-refractivity contribution in [2.45, 2.75) is 37.0 Å². The molecule has 1 fully saturated rings. The van der Waals surface area contributed by atoms with E-state index >= 15 is 0 Å². The molecule has 0 saturated carbocycles. The first-order chi connectivity index (χ1) is 14.9. The Labute approximate surface area is 181 Å². The second-order valence-electron chi connectivity index (χ2n) is 7.35. The SMILES string of the molecule is O=C(CCNc1ccccc1[N+](=O)[O-])Nc1cccc(S(=O)(=O)N2CCCCCC2)c1. The van der Waals surface area contributed by atoms with Gasteiger partial charge >= 0.3 is 0 Å². The maximum atomic E-state index is 12.9. The van der Waals surface area contributed by atoms with Crippen LogP contribution in [0.3, 0.4) is 0 Å². The van der Waals surface area contributed by atoms with Gasteiger partial charge in [-0.15, -0.1) is 0 Å². The number of sulfonamides is 1. The number of hydrogen-bond donors (Lipinski definition) is 2. The smallest absolute Gasteiger partial charge is 0.292 e. The lowest BCUT2D eigenvalue weighted by atomic mass is 10.2. The number of nitro benzene ring substituents is 1. The van der Waals surface area contributed by atoms with Crippen LogP contribution in [0.5, 0.6) is 0 Å². The fraction of sp³-hybridized carbons (Fsp3) is 0.381. The summed E-state index contributed by atoms with van der Waals surface area (Å²) in [6, 6.07) is 12.4. The molecule has 10 heteroatoms. The Kier molecular flexibility index (Phi) is 7.59. The Morgan fingerprint density at radius 1 is 1.03 bits per heavy atom. The monoisotopic (exact) mass is 446 g/mol. The lowest BCUT2D eigenvalue weighted by Gasteiger charge is -2.20. The van der Waals surface area contributed by atoms with Gasteiger partial charge in [0.2, 0.25) is 15.9 Å². The topological polar surface area (TPSA) is 122 Å². The molecule has 1 heterocycles. The minimum Gasteiger partial charge on any atom is -0.379 e. The van der Waals surface area contributed by atoms with Crippen molar-refractivity contribution in [2.24, 2.45) is 0 Å². The third-order valence-corrected chi connectivity index (χ3v) is 6.98. The highest BCUT2D eigenvalue weighted by Crippen LogP contribution is 2.24. The number of benzene rings is 2. The maximum absolute atomic E-state index is 12.9. The number of carbonyl (C=O) groups excluding carboxylic acids is 1. The Balaban J connectivity index is 1.59. The first kappa shape index (κ1) is 22.7. The summed E-state index contributed by atoms with van der Waals surface area (Å²) in [5, 5.41) is 16.6. The highest BCUT2D eigenvalue weighted by atomic mass is 32.2. The van der Waals surface area contributed by atoms with Gasteiger partial charge in [-0.25, -0.2) is 8.42 Å². The summed E-state index contributed by atoms with van der Waals surface area (Å²) in [6.07, 6.45) is 3.82. The molecule has 31 heavy (non-hydrogen) atoms. The van der Waals surface area contributed by atoms with Crippen molar-refractivity contribution in [1.82, 2.24) is 4.31 Å². The highest BCUT2D eigenvalue weighted by Gasteiger charge is 2.25. The lowest BCUT2D eigenvalue weighted by Crippen LogP contribution is -2.32. The van der Waals surface area contributed by atoms with Crippen LogP contribution in [0.1, 0.15) is 32.1 Å². The molecule has 1 aliphatic rings. The summed E-state index contributed by atoms with van der Waals surface area (Å²) in [4.78, 5) is 23.0. The molecule has 9 nitrogen and oxygen atoms in total. The summed E-state index contributed by atoms with van der Waals surface area (Å²) < 4.78 is 27.4. The van der Waals surface area contributed by atoms with Crippen molar-refractivity contribution < 1.29 is 18.1 Å². The van der Waals surface area contributed by atoms with Crippen molar-refractivity contribution in [1.29, 1.82) is 0 Å². The molecule has 3 rings (SSSR count). The molecule has 2 aromatic rings. The fourth-order valence-electron chi connectivity index (χ4n) is 3.48. The largest absolute Gasteiger partial charge is 0.379 e. The van der Waals surface area contributed by atoms with Crippen LogP contribution in [0.15, 0.2) is 53.4 Å². The molecule has 2 N–H and O–H groups in total. The van der Waals surface area contributed by atoms with Gasteiger partial charge < -0.3 is 10.6 Å². The number of anilines is 2. The molecule has 0 bridgehead atoms. The van der Waals surface area contributed by atoms with E-state index in [1.54, 1.807) is 30.3 Å². The molecule has 0 aliphatic carbocycles. The summed E-state index contributed by atoms with van der Waals surface area (Å²) >= 11 is 0. The minimum absolute atomic E-state index is 0.0608. The standard InChI is InChI=1S/C21H26N4O5S/c26-21(12-13-22-19-10-3-4-11-20(19)25(27)28)23-17-8-7-9-18(16-17)31(29,30)24-14-5-1-2-6-15-24/h3-4,7-11,16,22H,1-2,5-6,12-15H2,(H,23,26). The van der Waals surface area contributed by atoms with E-state index in [0.717, 1.165) is 25.7 Å². The van der Waals surface area contributed by atoms with Gasteiger partial charge in [0.25, 0.3) is 5.69 Å². The Morgan fingerprint density at radius 3 is 2.45 bits per heavy atom. The normalized spacial score (nSPS) is 15.1. The third kappa shape index (κ3) is 6.02. The number of nitrogens with one attached hydrogen (secondary N) is 2. The van der Waals surface area contributed by atoms with Gasteiger partial charge in [-0.2, -0.15) is 4.31 Å². The molecule has 0 aromatic heterocycles. The average molecular weight is 447 g/mol. The van der Waals surface area contributed by atoms with Crippen LogP contribution < -0.4 is 10.6 Å². The number of hydrogen-bond acceptors (Lipinski definition) is 6. The van der Waals surface area contributed by atoms with Crippen LogP contribution in [-0.4, -0.2) is 43.2 Å². The van der Waals surface area contributed by atoms with Crippen LogP contribution in [0.25, 0.3) is 0 Å². The Morgan fingerprint density at radius 2 is 1.74 bits per heavy atom. The first-order valence-electron chi connectivity index (χ1n) is 10.3. The van der Waals surface area contributed by atoms with E-state index in [2.05, 4.69) is 10.6 Å². The van der Waals surface area contributed by atoms with Gasteiger partial charge in [0.15, 0.2) is 0 Å². The van der Waals surface area contributed by atoms with E-state index in [0.29, 0.717) is 24.5 Å². The second-order valence-corrected chi connectivity index (χ2v) is 9.28. The maximum Gasteiger partial charge on any atom is 0.292 e. The minimum atomic E-state index is -3.60. The molecule has 2 aromatic carbocycles. The van der Waals surface area contributed by atoms with E-state index in [-0.39, 0.29) is 29.5 Å². The van der Waals surface area contributed by atoms with Gasteiger partial charge in [0, 0.05) is 37.8 Å². The van der Waals surface area contributed by atoms with Gasteiger partial charge in [0.1, 0.15) is 5.69 Å². The molecule has 1 amide bonds. The summed E-state index contributed by atoms with van der Waals surface area (Å²) in [5.74, 6) is -0.324. The van der Waals surface area contributed by atoms with Crippen molar-refractivity contribution in [3.8, 4) is 0 Å². The van der Waals surface area contributed by atoms with Gasteiger partial charge in [-0.3, -0.25) is 14.9 Å². The average Bonchev–Trinajstić information content (AvgIpc) is 3.04. The number of carbonyl (C=O) groups is 1. The molecule has 1 aliphatic heterocycles. The van der Waals surface area contributed by atoms with E-state index in [1.807, 2.05) is 0 Å². The second kappa shape index (κ2) is 10.4. The molecule has 166 valence electrons. The number of amides is 1. The van der Waals surface area contributed by atoms with E-state index in [9.17, 15) is 23.3 Å². The van der Waals surface area contributed by atoms with E-state index in [1.165, 1.54) is 22.5 Å². The number of nitro groups is 1. The van der Waals surface area contributed by atoms with Crippen LogP contribution >= 0.6 is 0 Å². The van der Waals surface area contributed by atoms with Gasteiger partial charge in [-0.05, 0) is 37.1 Å². The zero-order valence-electron chi connectivity index (χ0n) is 17.1. The molecule has 0 spiro atoms. The van der Waals surface area contributed by atoms with Crippen LogP contribution in [0.4, 0.5) is 17.1 Å². The Bertz CT molecular complexity index is 1030. The first-order valence-corrected chi connectivity index (χ1v) is 11.7. The predicted molar refractivity (Wildman–Crippen MR) is 119 cm³/mol. The van der Waals surface area contributed by atoms with Gasteiger partial charge in [0.05, 0.1) is 9.82 Å². The highest BCUT2D eigenvalue weighted by molar-refractivity contribution is 7.89. The molecule has 0 atom stereocenters. The summed E-state index contributed by atoms with van der Waals surface area (Å²) in [5.41, 5.74) is 0.673. The van der Waals surface area contributed by atoms with E-state index in [4.69, 9.17) is 0 Å². The zero-order chi connectivity index (χ0) is 22.3. The Hall–Kier alpha value is -2.98. The van der Waals surface area contributed by atoms with E-state index < -0.39 is 14.9 Å². The molecular formula is C21H26N4O5S.